The minimum atomic E-state index is 0.363. The summed E-state index contributed by atoms with van der Waals surface area (Å²) >= 11 is 0. The zero-order chi connectivity index (χ0) is 8.97. The molecule has 1 N–H and O–H groups in total. The maximum atomic E-state index is 5.25. The van der Waals surface area contributed by atoms with Gasteiger partial charge in [-0.15, -0.1) is 5.48 Å². The predicted molar refractivity (Wildman–Crippen MR) is 46.8 cm³/mol. The molecule has 12 heavy (non-hydrogen) atoms. The van der Waals surface area contributed by atoms with Gasteiger partial charge in [-0.2, -0.15) is 0 Å². The van der Waals surface area contributed by atoms with E-state index in [1.165, 1.54) is 0 Å². The molecule has 0 aromatic carbocycles. The first-order valence-electron chi connectivity index (χ1n) is 3.80. The fraction of sp³-hybridized carbons (Fsp3) is 0.333. The number of ether oxygens (including phenoxy) is 1. The Morgan fingerprint density at radius 3 is 3.00 bits per heavy atom. The lowest BCUT2D eigenvalue weighted by atomic mass is 10.2. The third-order valence-corrected chi connectivity index (χ3v) is 1.57. The van der Waals surface area contributed by atoms with E-state index in [1.54, 1.807) is 0 Å². The minimum Gasteiger partial charge on any atom is -0.471 e. The highest BCUT2D eigenvalue weighted by Gasteiger charge is 2.10. The average Bonchev–Trinajstić information content (AvgIpc) is 2.09. The van der Waals surface area contributed by atoms with E-state index < -0.39 is 0 Å². The molecule has 0 atom stereocenters. The van der Waals surface area contributed by atoms with E-state index in [4.69, 9.17) is 9.57 Å². The van der Waals surface area contributed by atoms with Crippen LogP contribution in [0.1, 0.15) is 13.8 Å². The molecule has 3 heteroatoms. The summed E-state index contributed by atoms with van der Waals surface area (Å²) in [6.07, 6.45) is 3.88. The summed E-state index contributed by atoms with van der Waals surface area (Å²) in [4.78, 5) is 4.97. The summed E-state index contributed by atoms with van der Waals surface area (Å²) in [5.41, 5.74) is 3.70. The van der Waals surface area contributed by atoms with Crippen LogP contribution in [0.2, 0.25) is 0 Å². The Hall–Kier alpha value is -1.22. The molecule has 3 nitrogen and oxygen atoms in total. The third-order valence-electron chi connectivity index (χ3n) is 1.57. The van der Waals surface area contributed by atoms with Crippen LogP contribution < -0.4 is 5.48 Å². The maximum absolute atomic E-state index is 5.25. The number of allylic oxidation sites excluding steroid dienone is 3. The molecule has 0 aliphatic carbocycles. The van der Waals surface area contributed by atoms with Crippen molar-refractivity contribution in [2.45, 2.75) is 13.8 Å². The Labute approximate surface area is 72.3 Å². The van der Waals surface area contributed by atoms with Crippen LogP contribution in [0.3, 0.4) is 0 Å². The molecule has 1 aliphatic rings. The number of hydroxylamine groups is 1. The average molecular weight is 167 g/mol. The van der Waals surface area contributed by atoms with Gasteiger partial charge in [-0.3, -0.25) is 0 Å². The number of rotatable bonds is 1. The largest absolute Gasteiger partial charge is 0.471 e. The molecule has 1 fully saturated rings. The van der Waals surface area contributed by atoms with E-state index in [-0.39, 0.29) is 0 Å². The highest BCUT2D eigenvalue weighted by molar-refractivity contribution is 5.27. The summed E-state index contributed by atoms with van der Waals surface area (Å²) in [5.74, 6) is 1.20. The van der Waals surface area contributed by atoms with Gasteiger partial charge in [0, 0.05) is 0 Å². The Kier molecular flexibility index (Phi) is 2.94. The van der Waals surface area contributed by atoms with Crippen molar-refractivity contribution < 1.29 is 9.57 Å². The van der Waals surface area contributed by atoms with Crippen molar-refractivity contribution in [3.63, 3.8) is 0 Å². The molecular weight excluding hydrogens is 154 g/mol. The number of nitrogens with one attached hydrogen (secondary N) is 1. The van der Waals surface area contributed by atoms with Crippen molar-refractivity contribution in [3.05, 3.63) is 35.8 Å². The quantitative estimate of drug-likeness (QED) is 0.646. The molecule has 1 heterocycles. The molecule has 0 aromatic heterocycles. The molecule has 0 aromatic rings. The summed E-state index contributed by atoms with van der Waals surface area (Å²) in [5, 5.41) is 0. The molecule has 0 amide bonds. The van der Waals surface area contributed by atoms with E-state index >= 15 is 0 Å². The Balaban J connectivity index is 2.71. The van der Waals surface area contributed by atoms with Crippen molar-refractivity contribution in [1.82, 2.24) is 5.48 Å². The minimum absolute atomic E-state index is 0.363. The van der Waals surface area contributed by atoms with Crippen LogP contribution in [0.15, 0.2) is 35.8 Å². The van der Waals surface area contributed by atoms with E-state index in [0.29, 0.717) is 18.2 Å². The van der Waals surface area contributed by atoms with Crippen molar-refractivity contribution in [2.75, 3.05) is 6.73 Å². The normalized spacial score (nSPS) is 22.0. The molecular formula is C9H13NO2. The van der Waals surface area contributed by atoms with Crippen molar-refractivity contribution in [3.8, 4) is 0 Å². The van der Waals surface area contributed by atoms with Gasteiger partial charge >= 0.3 is 0 Å². The SMILES string of the molecule is C=C1ONCO/C1=C/C(C)=C/C. The monoisotopic (exact) mass is 167 g/mol. The summed E-state index contributed by atoms with van der Waals surface area (Å²) in [7, 11) is 0. The highest BCUT2D eigenvalue weighted by Crippen LogP contribution is 2.15. The number of hydrogen-bond donors (Lipinski definition) is 1. The van der Waals surface area contributed by atoms with Crippen molar-refractivity contribution >= 4 is 0 Å². The first-order chi connectivity index (χ1) is 5.74. The third kappa shape index (κ3) is 2.13. The smallest absolute Gasteiger partial charge is 0.182 e. The molecule has 0 saturated carbocycles. The maximum Gasteiger partial charge on any atom is 0.182 e. The van der Waals surface area contributed by atoms with Gasteiger partial charge in [-0.25, -0.2) is 0 Å². The van der Waals surface area contributed by atoms with Gasteiger partial charge in [-0.1, -0.05) is 18.2 Å². The van der Waals surface area contributed by atoms with Crippen molar-refractivity contribution in [1.29, 1.82) is 0 Å². The standard InChI is InChI=1S/C9H13NO2/c1-4-7(2)5-9-8(3)12-10-6-11-9/h4-5,10H,3,6H2,1-2H3/b7-4+,9-5+. The van der Waals surface area contributed by atoms with Crippen LogP contribution in [-0.4, -0.2) is 6.73 Å². The van der Waals surface area contributed by atoms with Gasteiger partial charge in [0.15, 0.2) is 18.2 Å². The summed E-state index contributed by atoms with van der Waals surface area (Å²) in [6, 6.07) is 0. The summed E-state index contributed by atoms with van der Waals surface area (Å²) in [6.45, 7) is 8.00. The molecule has 1 rings (SSSR count). The lowest BCUT2D eigenvalue weighted by Crippen LogP contribution is -2.24. The van der Waals surface area contributed by atoms with Crippen LogP contribution in [0, 0.1) is 0 Å². The van der Waals surface area contributed by atoms with Crippen LogP contribution >= 0.6 is 0 Å². The van der Waals surface area contributed by atoms with E-state index in [0.717, 1.165) is 5.57 Å². The van der Waals surface area contributed by atoms with Gasteiger partial charge in [0.2, 0.25) is 0 Å². The van der Waals surface area contributed by atoms with E-state index in [9.17, 15) is 0 Å². The first-order valence-corrected chi connectivity index (χ1v) is 3.80. The zero-order valence-electron chi connectivity index (χ0n) is 7.39. The Bertz CT molecular complexity index is 241. The molecule has 1 aliphatic heterocycles. The second-order valence-corrected chi connectivity index (χ2v) is 2.50. The van der Waals surface area contributed by atoms with Crippen LogP contribution in [-0.2, 0) is 9.57 Å². The Morgan fingerprint density at radius 2 is 2.42 bits per heavy atom. The van der Waals surface area contributed by atoms with Gasteiger partial charge in [0.25, 0.3) is 0 Å². The van der Waals surface area contributed by atoms with Crippen molar-refractivity contribution in [2.24, 2.45) is 0 Å². The Morgan fingerprint density at radius 1 is 1.67 bits per heavy atom. The second kappa shape index (κ2) is 3.97. The molecule has 0 bridgehead atoms. The highest BCUT2D eigenvalue weighted by atomic mass is 16.7. The molecule has 0 spiro atoms. The lowest BCUT2D eigenvalue weighted by Gasteiger charge is -2.19. The predicted octanol–water partition coefficient (Wildman–Crippen LogP) is 1.86. The topological polar surface area (TPSA) is 30.5 Å². The van der Waals surface area contributed by atoms with Gasteiger partial charge in [-0.05, 0) is 19.9 Å². The van der Waals surface area contributed by atoms with Crippen LogP contribution in [0.25, 0.3) is 0 Å². The van der Waals surface area contributed by atoms with E-state index in [1.807, 2.05) is 26.0 Å². The molecule has 0 radical (unpaired) electrons. The van der Waals surface area contributed by atoms with Crippen LogP contribution in [0.5, 0.6) is 0 Å². The second-order valence-electron chi connectivity index (χ2n) is 2.50. The summed E-state index contributed by atoms with van der Waals surface area (Å²) < 4.78 is 5.25. The fourth-order valence-corrected chi connectivity index (χ4v) is 0.767. The van der Waals surface area contributed by atoms with Gasteiger partial charge < -0.3 is 9.57 Å². The first kappa shape index (κ1) is 8.87. The van der Waals surface area contributed by atoms with Gasteiger partial charge in [0.1, 0.15) is 0 Å². The zero-order valence-corrected chi connectivity index (χ0v) is 7.39. The molecule has 1 saturated heterocycles. The van der Waals surface area contributed by atoms with Crippen LogP contribution in [0.4, 0.5) is 0 Å². The fourth-order valence-electron chi connectivity index (χ4n) is 0.767. The molecule has 66 valence electrons. The van der Waals surface area contributed by atoms with Gasteiger partial charge in [0.05, 0.1) is 0 Å². The van der Waals surface area contributed by atoms with E-state index in [2.05, 4.69) is 12.1 Å². The lowest BCUT2D eigenvalue weighted by molar-refractivity contribution is -0.0224. The number of hydrogen-bond acceptors (Lipinski definition) is 3. The molecule has 0 unspecified atom stereocenters.